The van der Waals surface area contributed by atoms with Gasteiger partial charge in [0.1, 0.15) is 6.07 Å². The van der Waals surface area contributed by atoms with Crippen molar-refractivity contribution in [3.8, 4) is 6.07 Å². The van der Waals surface area contributed by atoms with Gasteiger partial charge in [-0.3, -0.25) is 4.99 Å². The highest BCUT2D eigenvalue weighted by Crippen LogP contribution is 2.23. The first-order valence-corrected chi connectivity index (χ1v) is 10.1. The second kappa shape index (κ2) is 11.1. The van der Waals surface area contributed by atoms with Gasteiger partial charge in [0.15, 0.2) is 5.96 Å². The van der Waals surface area contributed by atoms with Gasteiger partial charge in [0.05, 0.1) is 24.5 Å². The van der Waals surface area contributed by atoms with E-state index in [4.69, 9.17) is 4.74 Å². The van der Waals surface area contributed by atoms with Gasteiger partial charge in [0.2, 0.25) is 0 Å². The Hall–Kier alpha value is -3.04. The molecule has 0 amide bonds. The Bertz CT molecular complexity index is 831. The number of nitrogens with one attached hydrogen (secondary N) is 2. The normalized spacial score (nSPS) is 16.9. The third-order valence-electron chi connectivity index (χ3n) is 5.00. The zero-order valence-electron chi connectivity index (χ0n) is 17.0. The molecular formula is C23H29N5O. The number of guanidine groups is 1. The number of benzene rings is 2. The van der Waals surface area contributed by atoms with E-state index >= 15 is 0 Å². The smallest absolute Gasteiger partial charge is 0.191 e. The van der Waals surface area contributed by atoms with Crippen molar-refractivity contribution in [3.63, 3.8) is 0 Å². The van der Waals surface area contributed by atoms with Crippen LogP contribution in [0.1, 0.15) is 24.0 Å². The Kier molecular flexibility index (Phi) is 7.90. The third kappa shape index (κ3) is 6.23. The van der Waals surface area contributed by atoms with E-state index in [1.807, 2.05) is 42.5 Å². The molecule has 0 aliphatic carbocycles. The number of anilines is 1. The molecule has 1 saturated heterocycles. The Morgan fingerprint density at radius 3 is 2.79 bits per heavy atom. The van der Waals surface area contributed by atoms with E-state index in [1.54, 1.807) is 7.05 Å². The van der Waals surface area contributed by atoms with Crippen molar-refractivity contribution in [2.24, 2.45) is 4.99 Å². The Balaban J connectivity index is 1.43. The van der Waals surface area contributed by atoms with Crippen LogP contribution in [0.3, 0.4) is 0 Å². The summed E-state index contributed by atoms with van der Waals surface area (Å²) < 4.78 is 5.72. The molecule has 2 aromatic carbocycles. The Morgan fingerprint density at radius 1 is 1.21 bits per heavy atom. The molecule has 2 N–H and O–H groups in total. The van der Waals surface area contributed by atoms with Gasteiger partial charge in [-0.05, 0) is 30.5 Å². The summed E-state index contributed by atoms with van der Waals surface area (Å²) in [6.07, 6.45) is 2.16. The molecule has 1 aliphatic heterocycles. The molecule has 152 valence electrons. The lowest BCUT2D eigenvalue weighted by Gasteiger charge is -2.35. The van der Waals surface area contributed by atoms with Crippen LogP contribution < -0.4 is 15.5 Å². The van der Waals surface area contributed by atoms with E-state index in [9.17, 15) is 5.26 Å². The molecule has 6 heteroatoms. The van der Waals surface area contributed by atoms with Crippen LogP contribution >= 0.6 is 0 Å². The van der Waals surface area contributed by atoms with Gasteiger partial charge in [-0.2, -0.15) is 5.26 Å². The second-order valence-electron chi connectivity index (χ2n) is 7.10. The lowest BCUT2D eigenvalue weighted by molar-refractivity contribution is 0.125. The van der Waals surface area contributed by atoms with Gasteiger partial charge < -0.3 is 20.3 Å². The first-order valence-electron chi connectivity index (χ1n) is 10.1. The van der Waals surface area contributed by atoms with Crippen LogP contribution in [0.4, 0.5) is 5.69 Å². The van der Waals surface area contributed by atoms with Crippen molar-refractivity contribution in [1.82, 2.24) is 10.6 Å². The molecule has 0 spiro atoms. The second-order valence-corrected chi connectivity index (χ2v) is 7.10. The summed E-state index contributed by atoms with van der Waals surface area (Å²) in [6, 6.07) is 20.6. The van der Waals surface area contributed by atoms with Crippen molar-refractivity contribution in [2.45, 2.75) is 25.5 Å². The van der Waals surface area contributed by atoms with Gasteiger partial charge in [-0.15, -0.1) is 0 Å². The molecule has 3 rings (SSSR count). The van der Waals surface area contributed by atoms with E-state index in [2.05, 4.69) is 38.7 Å². The molecule has 2 aromatic rings. The van der Waals surface area contributed by atoms with Crippen molar-refractivity contribution < 1.29 is 4.74 Å². The molecule has 0 radical (unpaired) electrons. The van der Waals surface area contributed by atoms with E-state index in [-0.39, 0.29) is 6.04 Å². The zero-order chi connectivity index (χ0) is 20.3. The lowest BCUT2D eigenvalue weighted by atomic mass is 10.0. The fourth-order valence-corrected chi connectivity index (χ4v) is 3.55. The van der Waals surface area contributed by atoms with Gasteiger partial charge in [-0.1, -0.05) is 42.5 Å². The maximum atomic E-state index is 9.38. The summed E-state index contributed by atoms with van der Waals surface area (Å²) in [5.41, 5.74) is 2.92. The number of hydrogen-bond donors (Lipinski definition) is 2. The summed E-state index contributed by atoms with van der Waals surface area (Å²) in [4.78, 5) is 6.63. The van der Waals surface area contributed by atoms with E-state index in [0.29, 0.717) is 19.8 Å². The number of ether oxygens (including phenoxy) is 1. The van der Waals surface area contributed by atoms with Crippen LogP contribution in [-0.4, -0.2) is 45.3 Å². The van der Waals surface area contributed by atoms with Crippen molar-refractivity contribution in [3.05, 3.63) is 65.7 Å². The van der Waals surface area contributed by atoms with Crippen LogP contribution in [0.5, 0.6) is 0 Å². The zero-order valence-corrected chi connectivity index (χ0v) is 17.0. The monoisotopic (exact) mass is 391 g/mol. The van der Waals surface area contributed by atoms with E-state index in [1.165, 1.54) is 5.56 Å². The van der Waals surface area contributed by atoms with Crippen molar-refractivity contribution in [1.29, 1.82) is 5.26 Å². The fourth-order valence-electron chi connectivity index (χ4n) is 3.55. The summed E-state index contributed by atoms with van der Waals surface area (Å²) in [7, 11) is 1.78. The topological polar surface area (TPSA) is 72.7 Å². The number of rotatable bonds is 7. The van der Waals surface area contributed by atoms with E-state index in [0.717, 1.165) is 43.1 Å². The number of nitrogens with zero attached hydrogens (tertiary/aromatic N) is 3. The summed E-state index contributed by atoms with van der Waals surface area (Å²) >= 11 is 0. The van der Waals surface area contributed by atoms with Gasteiger partial charge in [0.25, 0.3) is 0 Å². The predicted molar refractivity (Wildman–Crippen MR) is 117 cm³/mol. The molecule has 1 atom stereocenters. The molecule has 6 nitrogen and oxygen atoms in total. The van der Waals surface area contributed by atoms with Crippen LogP contribution in [-0.2, 0) is 11.3 Å². The number of nitriles is 1. The quantitative estimate of drug-likeness (QED) is 0.431. The molecule has 29 heavy (non-hydrogen) atoms. The minimum absolute atomic E-state index is 0.284. The van der Waals surface area contributed by atoms with Gasteiger partial charge >= 0.3 is 0 Å². The molecule has 0 aromatic heterocycles. The summed E-state index contributed by atoms with van der Waals surface area (Å²) in [6.45, 7) is 3.74. The highest BCUT2D eigenvalue weighted by atomic mass is 16.5. The first kappa shape index (κ1) is 20.7. The highest BCUT2D eigenvalue weighted by Gasteiger charge is 2.22. The molecule has 1 aliphatic rings. The van der Waals surface area contributed by atoms with Crippen LogP contribution in [0.25, 0.3) is 0 Å². The maximum Gasteiger partial charge on any atom is 0.191 e. The Labute approximate surface area is 173 Å². The standard InChI is InChI=1S/C23H29N5O/c1-25-23(26-13-15-29-18-19-8-3-2-4-9-19)27-21-11-7-14-28(17-21)22-12-6-5-10-20(22)16-24/h2-6,8-10,12,21H,7,11,13-15,17-18H2,1H3,(H2,25,26,27). The highest BCUT2D eigenvalue weighted by molar-refractivity contribution is 5.80. The third-order valence-corrected chi connectivity index (χ3v) is 5.00. The summed E-state index contributed by atoms with van der Waals surface area (Å²) in [5, 5.41) is 16.2. The Morgan fingerprint density at radius 2 is 2.00 bits per heavy atom. The number of piperidine rings is 1. The average Bonchev–Trinajstić information content (AvgIpc) is 2.79. The van der Waals surface area contributed by atoms with Crippen LogP contribution in [0, 0.1) is 11.3 Å². The molecule has 1 fully saturated rings. The minimum atomic E-state index is 0.284. The van der Waals surface area contributed by atoms with Crippen molar-refractivity contribution >= 4 is 11.6 Å². The number of aliphatic imine (C=N–C) groups is 1. The number of hydrogen-bond acceptors (Lipinski definition) is 4. The van der Waals surface area contributed by atoms with Crippen LogP contribution in [0.2, 0.25) is 0 Å². The van der Waals surface area contributed by atoms with Crippen molar-refractivity contribution in [2.75, 3.05) is 38.2 Å². The SMILES string of the molecule is CN=C(NCCOCc1ccccc1)NC1CCCN(c2ccccc2C#N)C1. The first-order chi connectivity index (χ1) is 14.3. The maximum absolute atomic E-state index is 9.38. The number of para-hydroxylation sites is 1. The van der Waals surface area contributed by atoms with Gasteiger partial charge in [-0.25, -0.2) is 0 Å². The molecule has 1 unspecified atom stereocenters. The molecule has 0 bridgehead atoms. The fraction of sp³-hybridized carbons (Fsp3) is 0.391. The van der Waals surface area contributed by atoms with Gasteiger partial charge in [0, 0.05) is 32.7 Å². The minimum Gasteiger partial charge on any atom is -0.375 e. The van der Waals surface area contributed by atoms with Crippen LogP contribution in [0.15, 0.2) is 59.6 Å². The molecular weight excluding hydrogens is 362 g/mol. The molecule has 1 heterocycles. The summed E-state index contributed by atoms with van der Waals surface area (Å²) in [5.74, 6) is 0.786. The lowest BCUT2D eigenvalue weighted by Crippen LogP contribution is -2.51. The van der Waals surface area contributed by atoms with E-state index < -0.39 is 0 Å². The largest absolute Gasteiger partial charge is 0.375 e. The average molecular weight is 392 g/mol. The molecule has 0 saturated carbocycles. The predicted octanol–water partition coefficient (Wildman–Crippen LogP) is 2.91.